The average Bonchev–Trinajstić information content (AvgIpc) is 3.21. The van der Waals surface area contributed by atoms with E-state index in [-0.39, 0.29) is 12.0 Å². The summed E-state index contributed by atoms with van der Waals surface area (Å²) in [5, 5.41) is 0. The monoisotopic (exact) mass is 288 g/mol. The van der Waals surface area contributed by atoms with Crippen molar-refractivity contribution >= 4 is 11.6 Å². The molecule has 114 valence electrons. The molecule has 1 aromatic carbocycles. The van der Waals surface area contributed by atoms with Gasteiger partial charge in [0.1, 0.15) is 0 Å². The van der Waals surface area contributed by atoms with Gasteiger partial charge >= 0.3 is 0 Å². The Morgan fingerprint density at radius 2 is 1.95 bits per heavy atom. The summed E-state index contributed by atoms with van der Waals surface area (Å²) in [5.74, 6) is 0.908. The molecule has 2 fully saturated rings. The van der Waals surface area contributed by atoms with Crippen LogP contribution in [-0.2, 0) is 4.74 Å². The number of rotatable bonds is 5. The molecule has 1 aromatic rings. The molecule has 4 nitrogen and oxygen atoms in total. The van der Waals surface area contributed by atoms with E-state index in [4.69, 9.17) is 4.74 Å². The number of hydrogen-bond donors (Lipinski definition) is 0. The third kappa shape index (κ3) is 3.56. The standard InChI is InChI=1S/C17H24N2O2/c1-18(2)15-7-5-14(6-8-15)17(20)19-10-9-16(11-19)21-12-13-3-4-13/h5-8,13,16H,3-4,9-12H2,1-2H3. The van der Waals surface area contributed by atoms with E-state index < -0.39 is 0 Å². The van der Waals surface area contributed by atoms with Crippen LogP contribution >= 0.6 is 0 Å². The van der Waals surface area contributed by atoms with Gasteiger partial charge in [-0.25, -0.2) is 0 Å². The van der Waals surface area contributed by atoms with Gasteiger partial charge in [-0.15, -0.1) is 0 Å². The Kier molecular flexibility index (Phi) is 4.15. The van der Waals surface area contributed by atoms with Crippen molar-refractivity contribution in [2.45, 2.75) is 25.4 Å². The Labute approximate surface area is 126 Å². The molecule has 0 bridgehead atoms. The number of hydrogen-bond acceptors (Lipinski definition) is 3. The van der Waals surface area contributed by atoms with Gasteiger partial charge in [-0.3, -0.25) is 4.79 Å². The first kappa shape index (κ1) is 14.4. The molecule has 21 heavy (non-hydrogen) atoms. The number of ether oxygens (including phenoxy) is 1. The maximum absolute atomic E-state index is 12.5. The van der Waals surface area contributed by atoms with Crippen LogP contribution in [0.2, 0.25) is 0 Å². The molecule has 2 aliphatic rings. The second kappa shape index (κ2) is 6.06. The van der Waals surface area contributed by atoms with E-state index in [0.717, 1.165) is 43.3 Å². The van der Waals surface area contributed by atoms with Crippen LogP contribution in [0.25, 0.3) is 0 Å². The van der Waals surface area contributed by atoms with Gasteiger partial charge in [0.25, 0.3) is 5.91 Å². The van der Waals surface area contributed by atoms with E-state index >= 15 is 0 Å². The first-order valence-electron chi connectivity index (χ1n) is 7.82. The number of carbonyl (C=O) groups excluding carboxylic acids is 1. The van der Waals surface area contributed by atoms with Crippen LogP contribution in [0.4, 0.5) is 5.69 Å². The fraction of sp³-hybridized carbons (Fsp3) is 0.588. The van der Waals surface area contributed by atoms with E-state index in [1.54, 1.807) is 0 Å². The fourth-order valence-electron chi connectivity index (χ4n) is 2.69. The van der Waals surface area contributed by atoms with Crippen molar-refractivity contribution in [1.82, 2.24) is 4.90 Å². The smallest absolute Gasteiger partial charge is 0.253 e. The van der Waals surface area contributed by atoms with Gasteiger partial charge in [-0.2, -0.15) is 0 Å². The number of likely N-dealkylation sites (tertiary alicyclic amines) is 1. The molecule has 1 aliphatic heterocycles. The molecule has 1 amide bonds. The Bertz CT molecular complexity index is 494. The van der Waals surface area contributed by atoms with Crippen molar-refractivity contribution < 1.29 is 9.53 Å². The number of anilines is 1. The molecular weight excluding hydrogens is 264 g/mol. The van der Waals surface area contributed by atoms with Crippen molar-refractivity contribution in [2.75, 3.05) is 38.7 Å². The predicted octanol–water partition coefficient (Wildman–Crippen LogP) is 2.39. The lowest BCUT2D eigenvalue weighted by Crippen LogP contribution is -2.30. The van der Waals surface area contributed by atoms with Crippen molar-refractivity contribution in [1.29, 1.82) is 0 Å². The molecule has 0 spiro atoms. The quantitative estimate of drug-likeness (QED) is 0.834. The molecule has 0 aromatic heterocycles. The second-order valence-corrected chi connectivity index (χ2v) is 6.38. The fourth-order valence-corrected chi connectivity index (χ4v) is 2.69. The molecule has 4 heteroatoms. The summed E-state index contributed by atoms with van der Waals surface area (Å²) in [5.41, 5.74) is 1.88. The highest BCUT2D eigenvalue weighted by Crippen LogP contribution is 2.30. The lowest BCUT2D eigenvalue weighted by atomic mass is 10.2. The van der Waals surface area contributed by atoms with E-state index in [1.165, 1.54) is 12.8 Å². The molecule has 1 saturated heterocycles. The Balaban J connectivity index is 1.54. The van der Waals surface area contributed by atoms with Gasteiger partial charge in [-0.05, 0) is 49.4 Å². The largest absolute Gasteiger partial charge is 0.378 e. The highest BCUT2D eigenvalue weighted by atomic mass is 16.5. The minimum atomic E-state index is 0.123. The van der Waals surface area contributed by atoms with E-state index in [1.807, 2.05) is 48.2 Å². The topological polar surface area (TPSA) is 32.8 Å². The minimum absolute atomic E-state index is 0.123. The summed E-state index contributed by atoms with van der Waals surface area (Å²) in [4.78, 5) is 16.4. The molecule has 3 rings (SSSR count). The Morgan fingerprint density at radius 1 is 1.24 bits per heavy atom. The molecule has 0 N–H and O–H groups in total. The third-order valence-electron chi connectivity index (χ3n) is 4.33. The van der Waals surface area contributed by atoms with Gasteiger partial charge in [0, 0.05) is 45.0 Å². The van der Waals surface area contributed by atoms with Crippen LogP contribution in [-0.4, -0.2) is 50.7 Å². The lowest BCUT2D eigenvalue weighted by Gasteiger charge is -2.18. The summed E-state index contributed by atoms with van der Waals surface area (Å²) in [6.45, 7) is 2.43. The van der Waals surface area contributed by atoms with Crippen LogP contribution < -0.4 is 4.90 Å². The predicted molar refractivity (Wildman–Crippen MR) is 83.8 cm³/mol. The van der Waals surface area contributed by atoms with Crippen LogP contribution in [0.5, 0.6) is 0 Å². The highest BCUT2D eigenvalue weighted by molar-refractivity contribution is 5.94. The van der Waals surface area contributed by atoms with E-state index in [2.05, 4.69) is 0 Å². The maximum atomic E-state index is 12.5. The molecule has 1 heterocycles. The summed E-state index contributed by atoms with van der Waals surface area (Å²) in [6, 6.07) is 7.81. The van der Waals surface area contributed by atoms with Gasteiger partial charge in [0.15, 0.2) is 0 Å². The SMILES string of the molecule is CN(C)c1ccc(C(=O)N2CCC(OCC3CC3)C2)cc1. The highest BCUT2D eigenvalue weighted by Gasteiger charge is 2.29. The second-order valence-electron chi connectivity index (χ2n) is 6.38. The van der Waals surface area contributed by atoms with E-state index in [0.29, 0.717) is 0 Å². The van der Waals surface area contributed by atoms with Crippen LogP contribution in [0, 0.1) is 5.92 Å². The molecule has 1 unspecified atom stereocenters. The average molecular weight is 288 g/mol. The van der Waals surface area contributed by atoms with Crippen LogP contribution in [0.15, 0.2) is 24.3 Å². The maximum Gasteiger partial charge on any atom is 0.253 e. The Morgan fingerprint density at radius 3 is 2.57 bits per heavy atom. The zero-order chi connectivity index (χ0) is 14.8. The van der Waals surface area contributed by atoms with Crippen LogP contribution in [0.1, 0.15) is 29.6 Å². The van der Waals surface area contributed by atoms with Gasteiger partial charge in [0.2, 0.25) is 0 Å². The Hall–Kier alpha value is -1.55. The summed E-state index contributed by atoms with van der Waals surface area (Å²) in [7, 11) is 4.00. The van der Waals surface area contributed by atoms with Crippen LogP contribution in [0.3, 0.4) is 0 Å². The van der Waals surface area contributed by atoms with Crippen molar-refractivity contribution in [2.24, 2.45) is 5.92 Å². The molecular formula is C17H24N2O2. The summed E-state index contributed by atoms with van der Waals surface area (Å²) >= 11 is 0. The summed E-state index contributed by atoms with van der Waals surface area (Å²) < 4.78 is 5.89. The first-order valence-corrected chi connectivity index (χ1v) is 7.82. The molecule has 1 atom stereocenters. The number of benzene rings is 1. The van der Waals surface area contributed by atoms with Gasteiger partial charge < -0.3 is 14.5 Å². The zero-order valence-corrected chi connectivity index (χ0v) is 12.9. The van der Waals surface area contributed by atoms with Crippen molar-refractivity contribution in [3.8, 4) is 0 Å². The van der Waals surface area contributed by atoms with E-state index in [9.17, 15) is 4.79 Å². The number of carbonyl (C=O) groups is 1. The van der Waals surface area contributed by atoms with Gasteiger partial charge in [-0.1, -0.05) is 0 Å². The minimum Gasteiger partial charge on any atom is -0.378 e. The first-order chi connectivity index (χ1) is 10.1. The van der Waals surface area contributed by atoms with Crippen molar-refractivity contribution in [3.63, 3.8) is 0 Å². The lowest BCUT2D eigenvalue weighted by molar-refractivity contribution is 0.0480. The van der Waals surface area contributed by atoms with Crippen molar-refractivity contribution in [3.05, 3.63) is 29.8 Å². The molecule has 1 aliphatic carbocycles. The molecule has 1 saturated carbocycles. The van der Waals surface area contributed by atoms with Gasteiger partial charge in [0.05, 0.1) is 6.10 Å². The normalized spacial score (nSPS) is 21.6. The third-order valence-corrected chi connectivity index (χ3v) is 4.33. The summed E-state index contributed by atoms with van der Waals surface area (Å²) in [6.07, 6.45) is 3.82. The zero-order valence-electron chi connectivity index (χ0n) is 12.9. The number of amides is 1. The number of nitrogens with zero attached hydrogens (tertiary/aromatic N) is 2. The molecule has 0 radical (unpaired) electrons.